The Morgan fingerprint density at radius 3 is 2.66 bits per heavy atom. The van der Waals surface area contributed by atoms with E-state index in [0.29, 0.717) is 43.3 Å². The van der Waals surface area contributed by atoms with Gasteiger partial charge in [-0.2, -0.15) is 5.10 Å². The second-order valence-corrected chi connectivity index (χ2v) is 12.7. The van der Waals surface area contributed by atoms with Crippen molar-refractivity contribution in [1.82, 2.24) is 19.2 Å². The first-order valence-electron chi connectivity index (χ1n) is 16.6. The number of hydrogen-bond donors (Lipinski definition) is 2. The Balaban J connectivity index is 1.42. The van der Waals surface area contributed by atoms with Crippen molar-refractivity contribution in [1.29, 1.82) is 0 Å². The Kier molecular flexibility index (Phi) is 10.2. The summed E-state index contributed by atoms with van der Waals surface area (Å²) >= 11 is 7.07. The number of aliphatic hydroxyl groups is 1. The van der Waals surface area contributed by atoms with Crippen LogP contribution in [-0.2, 0) is 32.9 Å². The lowest BCUT2D eigenvalue weighted by Crippen LogP contribution is -2.31. The van der Waals surface area contributed by atoms with E-state index in [-0.39, 0.29) is 18.1 Å². The van der Waals surface area contributed by atoms with Crippen LogP contribution in [0.25, 0.3) is 32.8 Å². The number of hydrogen-bond acceptors (Lipinski definition) is 5. The van der Waals surface area contributed by atoms with Gasteiger partial charge in [-0.3, -0.25) is 4.68 Å². The number of carboxylic acid groups (broad SMARTS) is 1. The number of aromatic carboxylic acids is 1. The standard InChI is InChI=1S/C37H42ClFN4O4/c1-3-31-34-30(40-41(31)2)11-7-18-42(17-4-5-21-44)19-20-43-35-28(15-16-29(38)33(34)35)27(36(43)37(45)46)10-8-22-47-32-12-6-9-24-23-25(39)13-14-26(24)32/h6,9,12-16,23,44H,3-5,7-8,10-11,17-22H2,1-2H3,(H,45,46). The largest absolute Gasteiger partial charge is 0.493 e. The van der Waals surface area contributed by atoms with Crippen molar-refractivity contribution >= 4 is 39.2 Å². The molecule has 8 nitrogen and oxygen atoms in total. The molecule has 0 radical (unpaired) electrons. The molecule has 6 rings (SSSR count). The van der Waals surface area contributed by atoms with E-state index >= 15 is 0 Å². The van der Waals surface area contributed by atoms with Crippen molar-refractivity contribution in [3.05, 3.63) is 82.0 Å². The van der Waals surface area contributed by atoms with Crippen molar-refractivity contribution in [3.8, 4) is 16.9 Å². The number of benzene rings is 3. The van der Waals surface area contributed by atoms with Gasteiger partial charge in [0.25, 0.3) is 0 Å². The molecule has 0 atom stereocenters. The number of aryl methyl sites for hydroxylation is 3. The predicted octanol–water partition coefficient (Wildman–Crippen LogP) is 7.28. The van der Waals surface area contributed by atoms with Crippen molar-refractivity contribution in [2.75, 3.05) is 32.8 Å². The fourth-order valence-electron chi connectivity index (χ4n) is 7.22. The molecule has 5 aromatic rings. The number of halogens is 2. The highest BCUT2D eigenvalue weighted by molar-refractivity contribution is 6.35. The lowest BCUT2D eigenvalue weighted by molar-refractivity contribution is 0.0683. The molecule has 1 aliphatic heterocycles. The number of aromatic nitrogens is 3. The Hall–Kier alpha value is -3.92. The Morgan fingerprint density at radius 1 is 1.04 bits per heavy atom. The monoisotopic (exact) mass is 660 g/mol. The van der Waals surface area contributed by atoms with Crippen LogP contribution in [0.1, 0.15) is 60.0 Å². The highest BCUT2D eigenvalue weighted by Crippen LogP contribution is 2.43. The fraction of sp³-hybridized carbons (Fsp3) is 0.405. The molecule has 3 aromatic carbocycles. The summed E-state index contributed by atoms with van der Waals surface area (Å²) in [6, 6.07) is 14.1. The molecule has 2 N–H and O–H groups in total. The van der Waals surface area contributed by atoms with Gasteiger partial charge in [-0.05, 0) is 99.3 Å². The minimum Gasteiger partial charge on any atom is -0.493 e. The number of carboxylic acids is 1. The molecule has 0 saturated carbocycles. The third-order valence-electron chi connectivity index (χ3n) is 9.35. The number of unbranched alkanes of at least 4 members (excludes halogenated alkanes) is 1. The van der Waals surface area contributed by atoms with Crippen LogP contribution in [0, 0.1) is 5.82 Å². The first-order chi connectivity index (χ1) is 22.8. The summed E-state index contributed by atoms with van der Waals surface area (Å²) < 4.78 is 23.9. The first kappa shape index (κ1) is 33.0. The number of rotatable bonds is 11. The zero-order valence-corrected chi connectivity index (χ0v) is 27.8. The summed E-state index contributed by atoms with van der Waals surface area (Å²) in [6.45, 7) is 5.49. The van der Waals surface area contributed by atoms with E-state index in [0.717, 1.165) is 94.9 Å². The van der Waals surface area contributed by atoms with Gasteiger partial charge < -0.3 is 24.4 Å². The molecule has 0 spiro atoms. The molecule has 248 valence electrons. The molecule has 0 unspecified atom stereocenters. The molecule has 1 aliphatic rings. The smallest absolute Gasteiger partial charge is 0.352 e. The predicted molar refractivity (Wildman–Crippen MR) is 184 cm³/mol. The molecule has 3 heterocycles. The zero-order valence-electron chi connectivity index (χ0n) is 27.1. The van der Waals surface area contributed by atoms with Crippen LogP contribution in [0.15, 0.2) is 48.5 Å². The molecular weight excluding hydrogens is 619 g/mol. The zero-order chi connectivity index (χ0) is 33.1. The number of ether oxygens (including phenoxy) is 1. The van der Waals surface area contributed by atoms with Crippen molar-refractivity contribution < 1.29 is 24.1 Å². The molecule has 0 fully saturated rings. The lowest BCUT2D eigenvalue weighted by Gasteiger charge is -2.23. The van der Waals surface area contributed by atoms with E-state index in [2.05, 4.69) is 11.8 Å². The van der Waals surface area contributed by atoms with Crippen molar-refractivity contribution in [2.45, 2.75) is 58.4 Å². The summed E-state index contributed by atoms with van der Waals surface area (Å²) in [7, 11) is 1.96. The third-order valence-corrected chi connectivity index (χ3v) is 9.66. The number of fused-ring (bicyclic) bond motifs is 3. The van der Waals surface area contributed by atoms with Crippen LogP contribution in [-0.4, -0.2) is 68.3 Å². The summed E-state index contributed by atoms with van der Waals surface area (Å²) in [5, 5.41) is 28.2. The van der Waals surface area contributed by atoms with Crippen LogP contribution in [0.5, 0.6) is 5.75 Å². The van der Waals surface area contributed by atoms with Gasteiger partial charge in [0.05, 0.1) is 22.8 Å². The second kappa shape index (κ2) is 14.5. The van der Waals surface area contributed by atoms with Gasteiger partial charge >= 0.3 is 5.97 Å². The maximum atomic E-state index is 13.8. The van der Waals surface area contributed by atoms with E-state index in [4.69, 9.17) is 21.4 Å². The molecule has 0 amide bonds. The van der Waals surface area contributed by atoms with E-state index in [1.54, 1.807) is 6.07 Å². The third kappa shape index (κ3) is 6.62. The minimum atomic E-state index is -0.973. The summed E-state index contributed by atoms with van der Waals surface area (Å²) in [4.78, 5) is 15.5. The van der Waals surface area contributed by atoms with Crippen LogP contribution in [0.4, 0.5) is 4.39 Å². The van der Waals surface area contributed by atoms with E-state index in [1.165, 1.54) is 12.1 Å². The minimum absolute atomic E-state index is 0.157. The summed E-state index contributed by atoms with van der Waals surface area (Å²) in [5.41, 5.74) is 5.79. The van der Waals surface area contributed by atoms with Crippen LogP contribution >= 0.6 is 11.6 Å². The molecule has 10 heteroatoms. The maximum Gasteiger partial charge on any atom is 0.352 e. The highest BCUT2D eigenvalue weighted by Gasteiger charge is 2.29. The molecule has 0 saturated heterocycles. The molecule has 0 aliphatic carbocycles. The Morgan fingerprint density at radius 2 is 1.87 bits per heavy atom. The highest BCUT2D eigenvalue weighted by atomic mass is 35.5. The molecular formula is C37H42ClFN4O4. The average molecular weight is 661 g/mol. The average Bonchev–Trinajstić information content (AvgIpc) is 3.53. The van der Waals surface area contributed by atoms with Gasteiger partial charge in [-0.15, -0.1) is 0 Å². The maximum absolute atomic E-state index is 13.8. The van der Waals surface area contributed by atoms with Gasteiger partial charge in [0.1, 0.15) is 17.3 Å². The SMILES string of the molecule is CCc1c2c(nn1C)CCCN(CCCCO)CCn1c(C(=O)O)c(CCCOc3cccc4cc(F)ccc34)c3ccc(Cl)c-2c31. The van der Waals surface area contributed by atoms with Gasteiger partial charge in [0, 0.05) is 54.3 Å². The van der Waals surface area contributed by atoms with E-state index in [9.17, 15) is 19.4 Å². The van der Waals surface area contributed by atoms with Gasteiger partial charge in [-0.1, -0.05) is 36.7 Å². The van der Waals surface area contributed by atoms with Crippen molar-refractivity contribution in [2.24, 2.45) is 7.05 Å². The Labute approximate surface area is 279 Å². The lowest BCUT2D eigenvalue weighted by atomic mass is 9.96. The van der Waals surface area contributed by atoms with Crippen LogP contribution in [0.3, 0.4) is 0 Å². The van der Waals surface area contributed by atoms with Gasteiger partial charge in [-0.25, -0.2) is 9.18 Å². The summed E-state index contributed by atoms with van der Waals surface area (Å²) in [6.07, 6.45) is 5.14. The van der Waals surface area contributed by atoms with Crippen LogP contribution in [0.2, 0.25) is 5.02 Å². The molecule has 2 aromatic heterocycles. The normalized spacial score (nSPS) is 14.0. The topological polar surface area (TPSA) is 92.8 Å². The molecule has 47 heavy (non-hydrogen) atoms. The second-order valence-electron chi connectivity index (χ2n) is 12.3. The van der Waals surface area contributed by atoms with E-state index in [1.807, 2.05) is 46.6 Å². The fourth-order valence-corrected chi connectivity index (χ4v) is 7.46. The van der Waals surface area contributed by atoms with Gasteiger partial charge in [0.2, 0.25) is 0 Å². The van der Waals surface area contributed by atoms with Gasteiger partial charge in [0.15, 0.2) is 0 Å². The van der Waals surface area contributed by atoms with E-state index < -0.39 is 5.97 Å². The quantitative estimate of drug-likeness (QED) is 0.145. The first-order valence-corrected chi connectivity index (χ1v) is 17.0. The number of nitrogens with zero attached hydrogens (tertiary/aromatic N) is 4. The Bertz CT molecular complexity index is 1920. The van der Waals surface area contributed by atoms with Crippen LogP contribution < -0.4 is 4.74 Å². The number of aliphatic hydroxyl groups excluding tert-OH is 1. The summed E-state index contributed by atoms with van der Waals surface area (Å²) in [5.74, 6) is -0.598. The van der Waals surface area contributed by atoms with Crippen molar-refractivity contribution in [3.63, 3.8) is 0 Å². The molecule has 0 bridgehead atoms. The number of carbonyl (C=O) groups is 1.